The minimum atomic E-state index is 0.0755. The molecule has 0 atom stereocenters. The van der Waals surface area contributed by atoms with E-state index < -0.39 is 0 Å². The number of aromatic hydroxyl groups is 1. The highest BCUT2D eigenvalue weighted by Gasteiger charge is 2.12. The Bertz CT molecular complexity index is 1170. The summed E-state index contributed by atoms with van der Waals surface area (Å²) in [6.07, 6.45) is 6.10. The number of hydrogen-bond donors (Lipinski definition) is 2. The number of hydrazone groups is 1. The van der Waals surface area contributed by atoms with Gasteiger partial charge in [-0.05, 0) is 75.9 Å². The Labute approximate surface area is 237 Å². The number of likely N-dealkylation sites (tertiary alicyclic amines) is 1. The Hall–Kier alpha value is -3.56. The monoisotopic (exact) mass is 553 g/mol. The van der Waals surface area contributed by atoms with E-state index in [9.17, 15) is 5.11 Å². The van der Waals surface area contributed by atoms with E-state index in [2.05, 4.69) is 56.1 Å². The van der Waals surface area contributed by atoms with Gasteiger partial charge in [-0.15, -0.1) is 0 Å². The van der Waals surface area contributed by atoms with Crippen LogP contribution in [0.25, 0.3) is 0 Å². The van der Waals surface area contributed by atoms with Gasteiger partial charge in [0.25, 0.3) is 0 Å². The van der Waals surface area contributed by atoms with Crippen molar-refractivity contribution in [3.8, 4) is 5.75 Å². The molecule has 0 unspecified atom stereocenters. The molecule has 1 saturated heterocycles. The van der Waals surface area contributed by atoms with Crippen molar-refractivity contribution in [2.45, 2.75) is 53.4 Å². The van der Waals surface area contributed by atoms with Gasteiger partial charge in [0.15, 0.2) is 0 Å². The standard InChI is InChI=1S/C23H26ClN7O.C6H14O/c1-16(27-18(3)31-11-4-5-12-31)26-17(2)28-25-15-19-13-22(9-10-23(19)32)30-29-21-8-6-7-20(24)14-21;1-3-5-7-6-4-2/h6-10,13-15,32H,3-5,11-12H2,1-2H3,(H,26,27,28);3-6H2,1-2H3/b25-15+,30-29?;. The van der Waals surface area contributed by atoms with E-state index in [4.69, 9.17) is 16.3 Å². The first-order chi connectivity index (χ1) is 18.8. The molecular formula is C29H40ClN7O2. The van der Waals surface area contributed by atoms with Gasteiger partial charge >= 0.3 is 0 Å². The zero-order valence-corrected chi connectivity index (χ0v) is 24.2. The first kappa shape index (κ1) is 31.7. The summed E-state index contributed by atoms with van der Waals surface area (Å²) in [4.78, 5) is 11.0. The van der Waals surface area contributed by atoms with Gasteiger partial charge in [0, 0.05) is 36.9 Å². The maximum Gasteiger partial charge on any atom is 0.129 e. The van der Waals surface area contributed by atoms with Crippen LogP contribution < -0.4 is 5.43 Å². The van der Waals surface area contributed by atoms with Gasteiger partial charge in [-0.2, -0.15) is 15.3 Å². The highest BCUT2D eigenvalue weighted by molar-refractivity contribution is 6.30. The number of rotatable bonds is 10. The number of azo groups is 1. The summed E-state index contributed by atoms with van der Waals surface area (Å²) in [7, 11) is 0. The second-order valence-corrected chi connectivity index (χ2v) is 9.31. The van der Waals surface area contributed by atoms with E-state index in [-0.39, 0.29) is 5.75 Å². The highest BCUT2D eigenvalue weighted by atomic mass is 35.5. The maximum absolute atomic E-state index is 10.1. The molecule has 0 radical (unpaired) electrons. The lowest BCUT2D eigenvalue weighted by molar-refractivity contribution is 0.135. The largest absolute Gasteiger partial charge is 0.507 e. The normalized spacial score (nSPS) is 14.1. The molecule has 0 aliphatic carbocycles. The van der Waals surface area contributed by atoms with Crippen molar-refractivity contribution >= 4 is 40.9 Å². The average molecular weight is 554 g/mol. The van der Waals surface area contributed by atoms with Crippen LogP contribution in [0, 0.1) is 0 Å². The van der Waals surface area contributed by atoms with Gasteiger partial charge in [0.2, 0.25) is 0 Å². The van der Waals surface area contributed by atoms with Gasteiger partial charge in [-0.25, -0.2) is 9.98 Å². The predicted molar refractivity (Wildman–Crippen MR) is 162 cm³/mol. The lowest BCUT2D eigenvalue weighted by Gasteiger charge is -2.16. The van der Waals surface area contributed by atoms with Gasteiger partial charge in [0.1, 0.15) is 23.2 Å². The fraction of sp³-hybridized carbons (Fsp3) is 0.414. The van der Waals surface area contributed by atoms with Crippen molar-refractivity contribution < 1.29 is 9.84 Å². The molecule has 210 valence electrons. The fourth-order valence-corrected chi connectivity index (χ4v) is 3.66. The van der Waals surface area contributed by atoms with Crippen molar-refractivity contribution in [3.63, 3.8) is 0 Å². The number of nitrogens with zero attached hydrogens (tertiary/aromatic N) is 6. The van der Waals surface area contributed by atoms with Crippen LogP contribution in [0.2, 0.25) is 5.02 Å². The number of nitrogens with one attached hydrogen (secondary N) is 1. The molecule has 0 saturated carbocycles. The van der Waals surface area contributed by atoms with E-state index in [0.29, 0.717) is 33.6 Å². The number of phenolic OH excluding ortho intramolecular Hbond substituents is 1. The SMILES string of the molecule is C=C(/N=C(/C)N=C(C)N/N=C/c1cc(N=Nc2cccc(Cl)c2)ccc1O)N1CCCC1.CCCOCCC. The van der Waals surface area contributed by atoms with Crippen LogP contribution in [-0.2, 0) is 4.74 Å². The molecule has 1 aliphatic rings. The Kier molecular flexibility index (Phi) is 14.5. The maximum atomic E-state index is 10.1. The summed E-state index contributed by atoms with van der Waals surface area (Å²) < 4.78 is 5.13. The van der Waals surface area contributed by atoms with Gasteiger partial charge in [-0.3, -0.25) is 5.43 Å². The van der Waals surface area contributed by atoms with Gasteiger partial charge in [0.05, 0.1) is 17.6 Å². The molecule has 1 heterocycles. The number of phenols is 1. The second kappa shape index (κ2) is 17.9. The molecule has 39 heavy (non-hydrogen) atoms. The molecule has 3 rings (SSSR count). The molecule has 0 spiro atoms. The number of benzene rings is 2. The predicted octanol–water partition coefficient (Wildman–Crippen LogP) is 7.61. The van der Waals surface area contributed by atoms with E-state index in [1.54, 1.807) is 43.3 Å². The lowest BCUT2D eigenvalue weighted by atomic mass is 10.2. The first-order valence-electron chi connectivity index (χ1n) is 13.2. The van der Waals surface area contributed by atoms with Crippen molar-refractivity contribution in [1.29, 1.82) is 0 Å². The number of amidine groups is 2. The van der Waals surface area contributed by atoms with Crippen LogP contribution in [0.4, 0.5) is 11.4 Å². The number of aliphatic imine (C=N–C) groups is 2. The zero-order chi connectivity index (χ0) is 28.5. The molecule has 9 nitrogen and oxygen atoms in total. The third-order valence-corrected chi connectivity index (χ3v) is 5.55. The summed E-state index contributed by atoms with van der Waals surface area (Å²) in [5, 5.41) is 23.2. The summed E-state index contributed by atoms with van der Waals surface area (Å²) in [5.74, 6) is 1.96. The average Bonchev–Trinajstić information content (AvgIpc) is 3.45. The van der Waals surface area contributed by atoms with Gasteiger partial charge < -0.3 is 14.7 Å². The van der Waals surface area contributed by atoms with Crippen molar-refractivity contribution in [1.82, 2.24) is 10.3 Å². The highest BCUT2D eigenvalue weighted by Crippen LogP contribution is 2.25. The molecule has 0 amide bonds. The Morgan fingerprint density at radius 1 is 1.03 bits per heavy atom. The zero-order valence-electron chi connectivity index (χ0n) is 23.4. The van der Waals surface area contributed by atoms with E-state index in [0.717, 1.165) is 45.0 Å². The van der Waals surface area contributed by atoms with E-state index in [1.807, 2.05) is 6.92 Å². The van der Waals surface area contributed by atoms with Crippen LogP contribution in [0.15, 0.2) is 80.2 Å². The smallest absolute Gasteiger partial charge is 0.129 e. The summed E-state index contributed by atoms with van der Waals surface area (Å²) in [6.45, 7) is 15.7. The molecule has 0 bridgehead atoms. The molecule has 2 aromatic carbocycles. The fourth-order valence-electron chi connectivity index (χ4n) is 3.47. The molecule has 2 N–H and O–H groups in total. The molecule has 10 heteroatoms. The van der Waals surface area contributed by atoms with Gasteiger partial charge in [-0.1, -0.05) is 38.1 Å². The van der Waals surface area contributed by atoms with Crippen LogP contribution >= 0.6 is 11.6 Å². The second-order valence-electron chi connectivity index (χ2n) is 8.87. The Balaban J connectivity index is 0.000000673. The Morgan fingerprint density at radius 3 is 2.33 bits per heavy atom. The third-order valence-electron chi connectivity index (χ3n) is 5.32. The Morgan fingerprint density at radius 2 is 1.69 bits per heavy atom. The molecule has 0 aromatic heterocycles. The summed E-state index contributed by atoms with van der Waals surface area (Å²) in [5.41, 5.74) is 4.52. The summed E-state index contributed by atoms with van der Waals surface area (Å²) >= 11 is 5.96. The van der Waals surface area contributed by atoms with E-state index >= 15 is 0 Å². The number of halogens is 1. The third kappa shape index (κ3) is 12.7. The molecule has 2 aromatic rings. The molecule has 1 aliphatic heterocycles. The van der Waals surface area contributed by atoms with Crippen LogP contribution in [0.3, 0.4) is 0 Å². The number of hydrogen-bond acceptors (Lipinski definition) is 7. The van der Waals surface area contributed by atoms with Crippen LogP contribution in [-0.4, -0.2) is 54.2 Å². The first-order valence-corrected chi connectivity index (χ1v) is 13.6. The van der Waals surface area contributed by atoms with Crippen LogP contribution in [0.5, 0.6) is 5.75 Å². The minimum absolute atomic E-state index is 0.0755. The lowest BCUT2D eigenvalue weighted by Crippen LogP contribution is -2.18. The molecular weight excluding hydrogens is 514 g/mol. The number of ether oxygens (including phenoxy) is 1. The topological polar surface area (TPSA) is 107 Å². The minimum Gasteiger partial charge on any atom is -0.507 e. The van der Waals surface area contributed by atoms with Crippen molar-refractivity contribution in [2.75, 3.05) is 26.3 Å². The van der Waals surface area contributed by atoms with Crippen molar-refractivity contribution in [3.05, 3.63) is 65.5 Å². The van der Waals surface area contributed by atoms with Crippen LogP contribution in [0.1, 0.15) is 58.9 Å². The van der Waals surface area contributed by atoms with E-state index in [1.165, 1.54) is 25.1 Å². The molecule has 1 fully saturated rings. The quantitative estimate of drug-likeness (QED) is 0.104. The van der Waals surface area contributed by atoms with Crippen molar-refractivity contribution in [2.24, 2.45) is 25.3 Å². The summed E-state index contributed by atoms with van der Waals surface area (Å²) in [6, 6.07) is 12.0.